The molecule has 1 aliphatic rings. The highest BCUT2D eigenvalue weighted by Gasteiger charge is 2.33. The Morgan fingerprint density at radius 1 is 1.00 bits per heavy atom. The number of esters is 1. The first-order chi connectivity index (χ1) is 18.4. The van der Waals surface area contributed by atoms with Crippen LogP contribution < -0.4 is 9.47 Å². The molecule has 38 heavy (non-hydrogen) atoms. The predicted molar refractivity (Wildman–Crippen MR) is 154 cm³/mol. The zero-order chi connectivity index (χ0) is 27.1. The molecule has 0 amide bonds. The van der Waals surface area contributed by atoms with Gasteiger partial charge in [-0.15, -0.1) is 0 Å². The first-order valence-corrected chi connectivity index (χ1v) is 13.4. The van der Waals surface area contributed by atoms with E-state index < -0.39 is 5.97 Å². The van der Waals surface area contributed by atoms with E-state index in [4.69, 9.17) is 37.4 Å². The van der Waals surface area contributed by atoms with Crippen molar-refractivity contribution < 1.29 is 24.1 Å². The highest BCUT2D eigenvalue weighted by atomic mass is 35.5. The maximum absolute atomic E-state index is 12.7. The number of carbonyl (C=O) groups excluding carboxylic acids is 1. The maximum atomic E-state index is 12.7. The lowest BCUT2D eigenvalue weighted by atomic mass is 10.1. The first-order valence-electron chi connectivity index (χ1n) is 11.9. The van der Waals surface area contributed by atoms with Gasteiger partial charge < -0.3 is 19.3 Å². The number of para-hydroxylation sites is 1. The summed E-state index contributed by atoms with van der Waals surface area (Å²) >= 11 is 13.7. The third-order valence-corrected chi connectivity index (χ3v) is 6.84. The number of benzene rings is 3. The number of carbonyl (C=O) groups is 1. The van der Waals surface area contributed by atoms with Crippen LogP contribution in [0.4, 0.5) is 5.69 Å². The minimum Gasteiger partial charge on any atom is -0.506 e. The number of ether oxygens (including phenoxy) is 3. The largest absolute Gasteiger partial charge is 0.506 e. The van der Waals surface area contributed by atoms with Gasteiger partial charge in [0, 0.05) is 5.02 Å². The van der Waals surface area contributed by atoms with E-state index in [1.165, 1.54) is 11.8 Å². The van der Waals surface area contributed by atoms with E-state index in [1.807, 2.05) is 49.4 Å². The molecule has 3 aromatic rings. The summed E-state index contributed by atoms with van der Waals surface area (Å²) < 4.78 is 17.0. The van der Waals surface area contributed by atoms with Crippen molar-refractivity contribution in [3.8, 4) is 11.5 Å². The average Bonchev–Trinajstić information content (AvgIpc) is 3.19. The molecule has 0 atom stereocenters. The molecule has 0 bridgehead atoms. The molecule has 0 saturated carbocycles. The van der Waals surface area contributed by atoms with Crippen molar-refractivity contribution >= 4 is 57.7 Å². The number of halogens is 2. The fourth-order valence-electron chi connectivity index (χ4n) is 3.57. The fraction of sp³-hybridized carbons (Fsp3) is 0.172. The Morgan fingerprint density at radius 3 is 2.42 bits per heavy atom. The molecule has 9 heteroatoms. The van der Waals surface area contributed by atoms with Crippen LogP contribution in [0.1, 0.15) is 25.0 Å². The molecule has 196 valence electrons. The molecule has 0 fully saturated rings. The van der Waals surface area contributed by atoms with Crippen LogP contribution in [0.15, 0.2) is 88.0 Å². The summed E-state index contributed by atoms with van der Waals surface area (Å²) in [5.74, 6) is 0.00825. The molecular weight excluding hydrogens is 545 g/mol. The molecule has 1 heterocycles. The van der Waals surface area contributed by atoms with Crippen LogP contribution in [-0.2, 0) is 16.1 Å². The third kappa shape index (κ3) is 6.72. The molecular formula is C29H25Cl2NO5S. The van der Waals surface area contributed by atoms with Crippen molar-refractivity contribution in [2.24, 2.45) is 4.99 Å². The molecule has 3 aromatic carbocycles. The number of hydrogen-bond donors (Lipinski definition) is 1. The Hall–Kier alpha value is -3.39. The van der Waals surface area contributed by atoms with Crippen molar-refractivity contribution in [1.29, 1.82) is 0 Å². The van der Waals surface area contributed by atoms with Gasteiger partial charge >= 0.3 is 5.97 Å². The van der Waals surface area contributed by atoms with Gasteiger partial charge in [0.15, 0.2) is 11.5 Å². The lowest BCUT2D eigenvalue weighted by Gasteiger charge is -2.15. The third-order valence-electron chi connectivity index (χ3n) is 5.28. The second-order valence-electron chi connectivity index (χ2n) is 7.99. The van der Waals surface area contributed by atoms with Gasteiger partial charge in [-0.25, -0.2) is 9.79 Å². The molecule has 6 nitrogen and oxygen atoms in total. The monoisotopic (exact) mass is 569 g/mol. The van der Waals surface area contributed by atoms with E-state index >= 15 is 0 Å². The average molecular weight is 570 g/mol. The number of aliphatic imine (C=N–C) groups is 1. The Kier molecular flexibility index (Phi) is 9.39. The maximum Gasteiger partial charge on any atom is 0.344 e. The number of aliphatic hydroxyl groups excluding tert-OH is 1. The molecule has 0 radical (unpaired) electrons. The highest BCUT2D eigenvalue weighted by Crippen LogP contribution is 2.42. The Labute approximate surface area is 235 Å². The van der Waals surface area contributed by atoms with Gasteiger partial charge in [-0.05, 0) is 67.4 Å². The molecule has 0 saturated heterocycles. The molecule has 0 unspecified atom stereocenters. The van der Waals surface area contributed by atoms with E-state index in [-0.39, 0.29) is 24.5 Å². The van der Waals surface area contributed by atoms with Crippen molar-refractivity contribution in [3.63, 3.8) is 0 Å². The quantitative estimate of drug-likeness (QED) is 0.262. The van der Waals surface area contributed by atoms with Gasteiger partial charge in [0.05, 0.1) is 28.8 Å². The second kappa shape index (κ2) is 12.9. The zero-order valence-corrected chi connectivity index (χ0v) is 23.1. The van der Waals surface area contributed by atoms with Gasteiger partial charge in [0.25, 0.3) is 0 Å². The Balaban J connectivity index is 1.67. The number of nitrogens with zero attached hydrogens (tertiary/aromatic N) is 1. The van der Waals surface area contributed by atoms with Gasteiger partial charge in [-0.2, -0.15) is 0 Å². The topological polar surface area (TPSA) is 77.4 Å². The fourth-order valence-corrected chi connectivity index (χ4v) is 5.01. The van der Waals surface area contributed by atoms with Crippen LogP contribution in [0.5, 0.6) is 11.5 Å². The summed E-state index contributed by atoms with van der Waals surface area (Å²) in [5, 5.41) is 12.3. The van der Waals surface area contributed by atoms with Crippen molar-refractivity contribution in [2.75, 3.05) is 13.2 Å². The van der Waals surface area contributed by atoms with Crippen LogP contribution in [0.2, 0.25) is 10.0 Å². The second-order valence-corrected chi connectivity index (χ2v) is 9.86. The Morgan fingerprint density at radius 2 is 1.74 bits per heavy atom. The predicted octanol–water partition coefficient (Wildman–Crippen LogP) is 8.16. The summed E-state index contributed by atoms with van der Waals surface area (Å²) in [7, 11) is 0. The zero-order valence-electron chi connectivity index (χ0n) is 20.7. The summed E-state index contributed by atoms with van der Waals surface area (Å²) in [5.41, 5.74) is 2.24. The number of aliphatic hydroxyl groups is 1. The molecule has 0 spiro atoms. The van der Waals surface area contributed by atoms with Gasteiger partial charge in [0.2, 0.25) is 0 Å². The van der Waals surface area contributed by atoms with Crippen LogP contribution >= 0.6 is 35.0 Å². The molecule has 1 N–H and O–H groups in total. The highest BCUT2D eigenvalue weighted by molar-refractivity contribution is 8.18. The van der Waals surface area contributed by atoms with E-state index in [0.717, 1.165) is 5.56 Å². The van der Waals surface area contributed by atoms with Crippen LogP contribution in [-0.4, -0.2) is 29.3 Å². The summed E-state index contributed by atoms with van der Waals surface area (Å²) in [4.78, 5) is 17.7. The normalized spacial score (nSPS) is 15.3. The summed E-state index contributed by atoms with van der Waals surface area (Å²) in [6, 6.07) is 20.0. The number of hydrogen-bond acceptors (Lipinski definition) is 7. The van der Waals surface area contributed by atoms with Gasteiger partial charge in [-0.1, -0.05) is 65.3 Å². The SMILES string of the molecule is CCOC(=O)C1=C(O)/C(=C/c2cc(Cl)c(OCc3ccc(Cl)cc3)c(OCC)c2)SC1=Nc1ccccc1. The van der Waals surface area contributed by atoms with Crippen LogP contribution in [0.3, 0.4) is 0 Å². The van der Waals surface area contributed by atoms with E-state index in [2.05, 4.69) is 4.99 Å². The minimum atomic E-state index is -0.644. The van der Waals surface area contributed by atoms with Gasteiger partial charge in [0.1, 0.15) is 23.0 Å². The van der Waals surface area contributed by atoms with Crippen molar-refractivity contribution in [1.82, 2.24) is 0 Å². The molecule has 1 aliphatic heterocycles. The number of rotatable bonds is 9. The smallest absolute Gasteiger partial charge is 0.344 e. The molecule has 0 aliphatic carbocycles. The van der Waals surface area contributed by atoms with Crippen LogP contribution in [0, 0.1) is 0 Å². The van der Waals surface area contributed by atoms with Crippen molar-refractivity contribution in [3.05, 3.63) is 104 Å². The first kappa shape index (κ1) is 27.6. The van der Waals surface area contributed by atoms with Crippen LogP contribution in [0.25, 0.3) is 6.08 Å². The van der Waals surface area contributed by atoms with Gasteiger partial charge in [-0.3, -0.25) is 0 Å². The van der Waals surface area contributed by atoms with E-state index in [9.17, 15) is 9.90 Å². The van der Waals surface area contributed by atoms with E-state index in [1.54, 1.807) is 37.3 Å². The number of thioether (sulfide) groups is 1. The lowest BCUT2D eigenvalue weighted by molar-refractivity contribution is -0.138. The molecule has 4 rings (SSSR count). The summed E-state index contributed by atoms with van der Waals surface area (Å²) in [6.07, 6.45) is 1.71. The summed E-state index contributed by atoms with van der Waals surface area (Å²) in [6.45, 7) is 4.41. The lowest BCUT2D eigenvalue weighted by Crippen LogP contribution is -2.12. The standard InChI is InChI=1S/C29H25Cl2NO5S/c1-3-35-23-15-19(14-22(31)27(23)37-17-18-10-12-20(30)13-11-18)16-24-26(33)25(29(34)36-4-2)28(38-24)32-21-8-6-5-7-9-21/h5-16,33H,3-4,17H2,1-2H3/b24-16-,32-28?. The Bertz CT molecular complexity index is 1400. The molecule has 0 aromatic heterocycles. The van der Waals surface area contributed by atoms with Crippen molar-refractivity contribution in [2.45, 2.75) is 20.5 Å². The van der Waals surface area contributed by atoms with E-state index in [0.29, 0.717) is 49.4 Å². The minimum absolute atomic E-state index is 0.0194.